The molecule has 0 radical (unpaired) electrons. The van der Waals surface area contributed by atoms with Crippen LogP contribution in [0.5, 0.6) is 0 Å². The molecule has 1 heterocycles. The van der Waals surface area contributed by atoms with Crippen molar-refractivity contribution in [2.75, 3.05) is 6.61 Å². The van der Waals surface area contributed by atoms with Crippen LogP contribution in [0.2, 0.25) is 0 Å². The molecule has 21 heavy (non-hydrogen) atoms. The summed E-state index contributed by atoms with van der Waals surface area (Å²) in [7, 11) is 0. The average Bonchev–Trinajstić information content (AvgIpc) is 2.84. The lowest BCUT2D eigenvalue weighted by molar-refractivity contribution is -0.145. The Kier molecular flexibility index (Phi) is 4.93. The fraction of sp³-hybridized carbons (Fsp3) is 0.333. The van der Waals surface area contributed by atoms with Crippen LogP contribution in [0.3, 0.4) is 0 Å². The fourth-order valence-electron chi connectivity index (χ4n) is 2.05. The minimum atomic E-state index is -0.947. The largest absolute Gasteiger partial charge is 0.477 e. The van der Waals surface area contributed by atoms with Crippen molar-refractivity contribution in [3.05, 3.63) is 34.7 Å². The Labute approximate surface area is 126 Å². The van der Waals surface area contributed by atoms with Crippen LogP contribution in [0.4, 0.5) is 0 Å². The van der Waals surface area contributed by atoms with E-state index in [9.17, 15) is 14.7 Å². The number of nitrogens with one attached hydrogen (secondary N) is 1. The summed E-state index contributed by atoms with van der Waals surface area (Å²) in [5, 5.41) is 13.2. The van der Waals surface area contributed by atoms with Crippen LogP contribution in [0.15, 0.2) is 24.3 Å². The predicted molar refractivity (Wildman–Crippen MR) is 81.7 cm³/mol. The minimum absolute atomic E-state index is 0.305. The van der Waals surface area contributed by atoms with Crippen molar-refractivity contribution in [1.82, 2.24) is 5.32 Å². The Hall–Kier alpha value is -1.92. The molecule has 1 atom stereocenters. The average molecular weight is 307 g/mol. The molecule has 0 fully saturated rings. The molecule has 1 aromatic heterocycles. The first-order valence-corrected chi connectivity index (χ1v) is 7.50. The fourth-order valence-corrected chi connectivity index (χ4v) is 3.11. The number of carbonyl (C=O) groups is 2. The molecule has 0 saturated carbocycles. The second-order valence-corrected chi connectivity index (χ2v) is 5.62. The standard InChI is InChI=1S/C15H17NO4S/c1-3-20-15(19)9(2)16-8-11-10-6-4-5-7-12(10)21-13(11)14(17)18/h4-7,9,16H,3,8H2,1-2H3,(H,17,18). The third-order valence-electron chi connectivity index (χ3n) is 3.12. The summed E-state index contributed by atoms with van der Waals surface area (Å²) in [6, 6.07) is 7.06. The zero-order valence-corrected chi connectivity index (χ0v) is 12.7. The first-order chi connectivity index (χ1) is 10.0. The highest BCUT2D eigenvalue weighted by Crippen LogP contribution is 2.31. The van der Waals surface area contributed by atoms with Crippen molar-refractivity contribution in [2.24, 2.45) is 0 Å². The van der Waals surface area contributed by atoms with Crippen LogP contribution < -0.4 is 5.32 Å². The van der Waals surface area contributed by atoms with E-state index in [0.717, 1.165) is 10.1 Å². The SMILES string of the molecule is CCOC(=O)C(C)NCc1c(C(=O)O)sc2ccccc12. The lowest BCUT2D eigenvalue weighted by atomic mass is 10.1. The summed E-state index contributed by atoms with van der Waals surface area (Å²) in [5.74, 6) is -1.29. The molecule has 5 nitrogen and oxygen atoms in total. The van der Waals surface area contributed by atoms with Gasteiger partial charge in [0, 0.05) is 11.2 Å². The predicted octanol–water partition coefficient (Wildman–Crippen LogP) is 2.64. The number of ether oxygens (including phenoxy) is 1. The van der Waals surface area contributed by atoms with Crippen molar-refractivity contribution < 1.29 is 19.4 Å². The van der Waals surface area contributed by atoms with Crippen LogP contribution >= 0.6 is 11.3 Å². The van der Waals surface area contributed by atoms with E-state index in [-0.39, 0.29) is 5.97 Å². The molecule has 1 aromatic carbocycles. The van der Waals surface area contributed by atoms with Gasteiger partial charge in [-0.25, -0.2) is 4.79 Å². The summed E-state index contributed by atoms with van der Waals surface area (Å²) in [6.45, 7) is 4.09. The van der Waals surface area contributed by atoms with Crippen molar-refractivity contribution in [2.45, 2.75) is 26.4 Å². The molecule has 6 heteroatoms. The number of thiophene rings is 1. The first kappa shape index (κ1) is 15.5. The second kappa shape index (κ2) is 6.69. The summed E-state index contributed by atoms with van der Waals surface area (Å²) >= 11 is 1.25. The molecule has 0 saturated heterocycles. The first-order valence-electron chi connectivity index (χ1n) is 6.68. The Morgan fingerprint density at radius 1 is 1.38 bits per heavy atom. The molecule has 0 bridgehead atoms. The second-order valence-electron chi connectivity index (χ2n) is 4.57. The van der Waals surface area contributed by atoms with Crippen LogP contribution in [0, 0.1) is 0 Å². The van der Waals surface area contributed by atoms with Gasteiger partial charge in [-0.2, -0.15) is 0 Å². The Morgan fingerprint density at radius 2 is 2.10 bits per heavy atom. The molecule has 1 unspecified atom stereocenters. The summed E-state index contributed by atoms with van der Waals surface area (Å²) in [4.78, 5) is 23.3. The lowest BCUT2D eigenvalue weighted by Gasteiger charge is -2.12. The maximum atomic E-state index is 11.6. The molecule has 0 aliphatic carbocycles. The molecule has 2 rings (SSSR count). The van der Waals surface area contributed by atoms with E-state index in [1.807, 2.05) is 24.3 Å². The molecule has 2 aromatic rings. The zero-order valence-electron chi connectivity index (χ0n) is 11.9. The smallest absolute Gasteiger partial charge is 0.346 e. The number of benzene rings is 1. The van der Waals surface area contributed by atoms with Gasteiger partial charge in [-0.3, -0.25) is 4.79 Å². The van der Waals surface area contributed by atoms with Gasteiger partial charge in [0.25, 0.3) is 0 Å². The highest BCUT2D eigenvalue weighted by molar-refractivity contribution is 7.21. The van der Waals surface area contributed by atoms with Crippen LogP contribution in [0.1, 0.15) is 29.1 Å². The summed E-state index contributed by atoms with van der Waals surface area (Å²) in [6.07, 6.45) is 0. The highest BCUT2D eigenvalue weighted by atomic mass is 32.1. The van der Waals surface area contributed by atoms with Gasteiger partial charge >= 0.3 is 11.9 Å². The van der Waals surface area contributed by atoms with Crippen LogP contribution in [0.25, 0.3) is 10.1 Å². The summed E-state index contributed by atoms with van der Waals surface area (Å²) in [5.41, 5.74) is 0.708. The maximum Gasteiger partial charge on any atom is 0.346 e. The number of carboxylic acids is 1. The quantitative estimate of drug-likeness (QED) is 0.802. The van der Waals surface area contributed by atoms with E-state index in [0.29, 0.717) is 23.6 Å². The van der Waals surface area contributed by atoms with Crippen molar-refractivity contribution in [3.63, 3.8) is 0 Å². The Balaban J connectivity index is 2.23. The third kappa shape index (κ3) is 3.40. The topological polar surface area (TPSA) is 75.6 Å². The van der Waals surface area contributed by atoms with Crippen LogP contribution in [-0.2, 0) is 16.1 Å². The number of carbonyl (C=O) groups excluding carboxylic acids is 1. The molecular weight excluding hydrogens is 290 g/mol. The molecule has 2 N–H and O–H groups in total. The lowest BCUT2D eigenvalue weighted by Crippen LogP contribution is -2.35. The van der Waals surface area contributed by atoms with Gasteiger partial charge in [-0.05, 0) is 30.9 Å². The molecule has 112 valence electrons. The van der Waals surface area contributed by atoms with Gasteiger partial charge in [-0.15, -0.1) is 11.3 Å². The minimum Gasteiger partial charge on any atom is -0.477 e. The Bertz CT molecular complexity index is 665. The maximum absolute atomic E-state index is 11.6. The van der Waals surface area contributed by atoms with Gasteiger partial charge in [-0.1, -0.05) is 18.2 Å². The van der Waals surface area contributed by atoms with E-state index in [2.05, 4.69) is 5.32 Å². The zero-order chi connectivity index (χ0) is 15.4. The molecular formula is C15H17NO4S. The van der Waals surface area contributed by atoms with Gasteiger partial charge in [0.15, 0.2) is 0 Å². The monoisotopic (exact) mass is 307 g/mol. The van der Waals surface area contributed by atoms with Crippen LogP contribution in [-0.4, -0.2) is 29.7 Å². The van der Waals surface area contributed by atoms with Gasteiger partial charge in [0.2, 0.25) is 0 Å². The highest BCUT2D eigenvalue weighted by Gasteiger charge is 2.19. The van der Waals surface area contributed by atoms with Gasteiger partial charge in [0.1, 0.15) is 10.9 Å². The van der Waals surface area contributed by atoms with E-state index in [1.165, 1.54) is 11.3 Å². The normalized spacial score (nSPS) is 12.3. The van der Waals surface area contributed by atoms with E-state index in [4.69, 9.17) is 4.74 Å². The van der Waals surface area contributed by atoms with Crippen molar-refractivity contribution in [1.29, 1.82) is 0 Å². The van der Waals surface area contributed by atoms with E-state index in [1.54, 1.807) is 13.8 Å². The van der Waals surface area contributed by atoms with Crippen molar-refractivity contribution in [3.8, 4) is 0 Å². The Morgan fingerprint density at radius 3 is 2.76 bits per heavy atom. The molecule has 0 aliphatic rings. The summed E-state index contributed by atoms with van der Waals surface area (Å²) < 4.78 is 5.85. The van der Waals surface area contributed by atoms with E-state index >= 15 is 0 Å². The van der Waals surface area contributed by atoms with Crippen molar-refractivity contribution >= 4 is 33.4 Å². The van der Waals surface area contributed by atoms with Gasteiger partial charge in [0.05, 0.1) is 6.61 Å². The van der Waals surface area contributed by atoms with E-state index < -0.39 is 12.0 Å². The third-order valence-corrected chi connectivity index (χ3v) is 4.32. The number of hydrogen-bond donors (Lipinski definition) is 2. The number of hydrogen-bond acceptors (Lipinski definition) is 5. The number of aromatic carboxylic acids is 1. The number of rotatable bonds is 6. The molecule has 0 spiro atoms. The number of fused-ring (bicyclic) bond motifs is 1. The number of carboxylic acid groups (broad SMARTS) is 1. The molecule has 0 amide bonds. The number of esters is 1. The molecule has 0 aliphatic heterocycles. The van der Waals surface area contributed by atoms with Gasteiger partial charge < -0.3 is 15.2 Å².